The lowest BCUT2D eigenvalue weighted by molar-refractivity contribution is 0.0942. The van der Waals surface area contributed by atoms with Gasteiger partial charge in [-0.05, 0) is 54.6 Å². The fourth-order valence-corrected chi connectivity index (χ4v) is 3.09. The minimum Gasteiger partial charge on any atom is -0.345 e. The van der Waals surface area contributed by atoms with Gasteiger partial charge in [-0.15, -0.1) is 0 Å². The monoisotopic (exact) mass is 406 g/mol. The maximum absolute atomic E-state index is 13.3. The molecule has 4 rings (SSSR count). The van der Waals surface area contributed by atoms with Crippen LogP contribution in [0.3, 0.4) is 0 Å². The molecular formula is C22H16ClFN4O. The van der Waals surface area contributed by atoms with E-state index in [1.165, 1.54) is 16.8 Å². The molecule has 0 unspecified atom stereocenters. The van der Waals surface area contributed by atoms with E-state index in [0.717, 1.165) is 5.69 Å². The highest BCUT2D eigenvalue weighted by atomic mass is 35.5. The summed E-state index contributed by atoms with van der Waals surface area (Å²) in [5.74, 6) is -0.663. The van der Waals surface area contributed by atoms with E-state index in [9.17, 15) is 9.18 Å². The molecular weight excluding hydrogens is 391 g/mol. The lowest BCUT2D eigenvalue weighted by atomic mass is 10.1. The van der Waals surface area contributed by atoms with Crippen molar-refractivity contribution in [2.24, 2.45) is 0 Å². The standard InChI is InChI=1S/C22H16ClFN4O/c23-18-6-1-2-7-20(18)28-21(22(29)26-14-17-5-3-4-12-25-17)13-19(27-28)15-8-10-16(24)11-9-15/h1-13H,14H2,(H,26,29). The number of nitrogens with zero attached hydrogens (tertiary/aromatic N) is 3. The van der Waals surface area contributed by atoms with Crippen LogP contribution in [0.25, 0.3) is 16.9 Å². The first kappa shape index (κ1) is 18.8. The second-order valence-corrected chi connectivity index (χ2v) is 6.70. The molecule has 0 spiro atoms. The molecule has 5 nitrogen and oxygen atoms in total. The summed E-state index contributed by atoms with van der Waals surface area (Å²) < 4.78 is 14.8. The van der Waals surface area contributed by atoms with Crippen molar-refractivity contribution >= 4 is 17.5 Å². The van der Waals surface area contributed by atoms with E-state index < -0.39 is 0 Å². The van der Waals surface area contributed by atoms with Gasteiger partial charge in [-0.1, -0.05) is 29.8 Å². The van der Waals surface area contributed by atoms with Gasteiger partial charge in [-0.25, -0.2) is 9.07 Å². The fraction of sp³-hybridized carbons (Fsp3) is 0.0455. The number of carbonyl (C=O) groups is 1. The topological polar surface area (TPSA) is 59.8 Å². The van der Waals surface area contributed by atoms with Crippen LogP contribution in [0.5, 0.6) is 0 Å². The van der Waals surface area contributed by atoms with Crippen molar-refractivity contribution in [1.29, 1.82) is 0 Å². The molecule has 2 aromatic heterocycles. The minimum absolute atomic E-state index is 0.277. The van der Waals surface area contributed by atoms with Gasteiger partial charge < -0.3 is 5.32 Å². The van der Waals surface area contributed by atoms with Crippen LogP contribution in [-0.2, 0) is 6.54 Å². The van der Waals surface area contributed by atoms with Gasteiger partial charge in [-0.2, -0.15) is 5.10 Å². The zero-order chi connectivity index (χ0) is 20.2. The minimum atomic E-state index is -0.340. The molecule has 0 radical (unpaired) electrons. The average molecular weight is 407 g/mol. The predicted octanol–water partition coefficient (Wildman–Crippen LogP) is 4.66. The summed E-state index contributed by atoms with van der Waals surface area (Å²) in [6.45, 7) is 0.277. The number of nitrogens with one attached hydrogen (secondary N) is 1. The maximum atomic E-state index is 13.3. The Hall–Kier alpha value is -3.51. The molecule has 2 heterocycles. The van der Waals surface area contributed by atoms with E-state index in [-0.39, 0.29) is 18.3 Å². The Morgan fingerprint density at radius 2 is 1.79 bits per heavy atom. The van der Waals surface area contributed by atoms with Crippen LogP contribution in [0.4, 0.5) is 4.39 Å². The molecule has 0 aliphatic rings. The highest BCUT2D eigenvalue weighted by Crippen LogP contribution is 2.25. The molecule has 0 aliphatic heterocycles. The third-order valence-corrected chi connectivity index (χ3v) is 4.64. The lowest BCUT2D eigenvalue weighted by Crippen LogP contribution is -2.25. The van der Waals surface area contributed by atoms with Crippen molar-refractivity contribution in [1.82, 2.24) is 20.1 Å². The van der Waals surface area contributed by atoms with Crippen LogP contribution < -0.4 is 5.32 Å². The first-order valence-electron chi connectivity index (χ1n) is 8.91. The van der Waals surface area contributed by atoms with E-state index in [4.69, 9.17) is 11.6 Å². The molecule has 0 aliphatic carbocycles. The van der Waals surface area contributed by atoms with Gasteiger partial charge in [0.15, 0.2) is 0 Å². The van der Waals surface area contributed by atoms with Crippen molar-refractivity contribution in [3.8, 4) is 16.9 Å². The summed E-state index contributed by atoms with van der Waals surface area (Å²) in [4.78, 5) is 17.1. The Balaban J connectivity index is 1.71. The highest BCUT2D eigenvalue weighted by molar-refractivity contribution is 6.32. The number of hydrogen-bond donors (Lipinski definition) is 1. The molecule has 0 bridgehead atoms. The van der Waals surface area contributed by atoms with E-state index in [0.29, 0.717) is 27.7 Å². The van der Waals surface area contributed by atoms with E-state index in [1.54, 1.807) is 42.6 Å². The smallest absolute Gasteiger partial charge is 0.270 e. The molecule has 1 N–H and O–H groups in total. The van der Waals surface area contributed by atoms with E-state index in [2.05, 4.69) is 15.4 Å². The van der Waals surface area contributed by atoms with Crippen LogP contribution >= 0.6 is 11.6 Å². The van der Waals surface area contributed by atoms with Gasteiger partial charge in [0, 0.05) is 11.8 Å². The number of para-hydroxylation sites is 1. The second-order valence-electron chi connectivity index (χ2n) is 6.29. The lowest BCUT2D eigenvalue weighted by Gasteiger charge is -2.09. The number of carbonyl (C=O) groups excluding carboxylic acids is 1. The highest BCUT2D eigenvalue weighted by Gasteiger charge is 2.19. The third-order valence-electron chi connectivity index (χ3n) is 4.32. The summed E-state index contributed by atoms with van der Waals surface area (Å²) in [6, 6.07) is 20.2. The van der Waals surface area contributed by atoms with E-state index in [1.807, 2.05) is 24.3 Å². The van der Waals surface area contributed by atoms with Crippen LogP contribution in [0.15, 0.2) is 79.0 Å². The molecule has 29 heavy (non-hydrogen) atoms. The Labute approximate surface area is 171 Å². The summed E-state index contributed by atoms with van der Waals surface area (Å²) in [5.41, 5.74) is 2.85. The Morgan fingerprint density at radius 1 is 1.03 bits per heavy atom. The third kappa shape index (κ3) is 4.17. The maximum Gasteiger partial charge on any atom is 0.270 e. The number of rotatable bonds is 5. The van der Waals surface area contributed by atoms with Gasteiger partial charge in [0.25, 0.3) is 5.91 Å². The number of halogens is 2. The Kier molecular flexibility index (Phi) is 5.35. The SMILES string of the molecule is O=C(NCc1ccccn1)c1cc(-c2ccc(F)cc2)nn1-c1ccccc1Cl. The van der Waals surface area contributed by atoms with Gasteiger partial charge in [0.05, 0.1) is 28.6 Å². The van der Waals surface area contributed by atoms with Crippen molar-refractivity contribution in [3.05, 3.63) is 101 Å². The molecule has 0 saturated heterocycles. The molecule has 0 saturated carbocycles. The summed E-state index contributed by atoms with van der Waals surface area (Å²) in [6.07, 6.45) is 1.67. The number of hydrogen-bond acceptors (Lipinski definition) is 3. The first-order valence-corrected chi connectivity index (χ1v) is 9.28. The molecule has 1 amide bonds. The molecule has 2 aromatic carbocycles. The van der Waals surface area contributed by atoms with E-state index >= 15 is 0 Å². The second kappa shape index (κ2) is 8.24. The van der Waals surface area contributed by atoms with Crippen LogP contribution in [0, 0.1) is 5.82 Å². The molecule has 144 valence electrons. The zero-order valence-corrected chi connectivity index (χ0v) is 16.0. The Bertz CT molecular complexity index is 1140. The van der Waals surface area contributed by atoms with Gasteiger partial charge in [-0.3, -0.25) is 9.78 Å². The van der Waals surface area contributed by atoms with Crippen molar-refractivity contribution in [3.63, 3.8) is 0 Å². The van der Waals surface area contributed by atoms with Gasteiger partial charge in [0.1, 0.15) is 11.5 Å². The normalized spacial score (nSPS) is 10.7. The molecule has 0 atom stereocenters. The fourth-order valence-electron chi connectivity index (χ4n) is 2.88. The van der Waals surface area contributed by atoms with Crippen molar-refractivity contribution < 1.29 is 9.18 Å². The quantitative estimate of drug-likeness (QED) is 0.524. The van der Waals surface area contributed by atoms with Crippen LogP contribution in [0.1, 0.15) is 16.2 Å². The summed E-state index contributed by atoms with van der Waals surface area (Å²) in [5, 5.41) is 7.86. The van der Waals surface area contributed by atoms with Crippen LogP contribution in [-0.4, -0.2) is 20.7 Å². The number of pyridine rings is 1. The largest absolute Gasteiger partial charge is 0.345 e. The molecule has 0 fully saturated rings. The number of aromatic nitrogens is 3. The van der Waals surface area contributed by atoms with Crippen molar-refractivity contribution in [2.75, 3.05) is 0 Å². The molecule has 4 aromatic rings. The zero-order valence-electron chi connectivity index (χ0n) is 15.2. The van der Waals surface area contributed by atoms with Crippen LogP contribution in [0.2, 0.25) is 5.02 Å². The van der Waals surface area contributed by atoms with Gasteiger partial charge >= 0.3 is 0 Å². The van der Waals surface area contributed by atoms with Gasteiger partial charge in [0.2, 0.25) is 0 Å². The number of benzene rings is 2. The van der Waals surface area contributed by atoms with Crippen molar-refractivity contribution in [2.45, 2.75) is 6.54 Å². The predicted molar refractivity (Wildman–Crippen MR) is 109 cm³/mol. The molecule has 7 heteroatoms. The average Bonchev–Trinajstić information content (AvgIpc) is 3.19. The number of amides is 1. The summed E-state index contributed by atoms with van der Waals surface area (Å²) in [7, 11) is 0. The first-order chi connectivity index (χ1) is 14.1. The Morgan fingerprint density at radius 3 is 2.52 bits per heavy atom. The summed E-state index contributed by atoms with van der Waals surface area (Å²) >= 11 is 6.33.